The molecule has 9 aromatic rings. The second-order valence-electron chi connectivity index (χ2n) is 12.1. The van der Waals surface area contributed by atoms with Gasteiger partial charge in [0.25, 0.3) is 0 Å². The van der Waals surface area contributed by atoms with Gasteiger partial charge in [-0.3, -0.25) is 0 Å². The van der Waals surface area contributed by atoms with Crippen molar-refractivity contribution in [1.29, 1.82) is 0 Å². The largest absolute Gasteiger partial charge is 0.208 e. The molecule has 0 saturated heterocycles. The van der Waals surface area contributed by atoms with Crippen LogP contribution in [0.1, 0.15) is 5.48 Å². The van der Waals surface area contributed by atoms with Gasteiger partial charge in [0.2, 0.25) is 0 Å². The zero-order chi connectivity index (χ0) is 36.8. The summed E-state index contributed by atoms with van der Waals surface area (Å²) in [6, 6.07) is 53.4. The van der Waals surface area contributed by atoms with E-state index in [0.717, 1.165) is 54.9 Å². The quantitative estimate of drug-likeness (QED) is 0.181. The molecule has 0 aliphatic carbocycles. The van der Waals surface area contributed by atoms with E-state index in [1.807, 2.05) is 91.0 Å². The van der Waals surface area contributed by atoms with Crippen LogP contribution >= 0.6 is 0 Å². The Kier molecular flexibility index (Phi) is 6.44. The van der Waals surface area contributed by atoms with Gasteiger partial charge >= 0.3 is 0 Å². The molecule has 0 N–H and O–H groups in total. The Bertz CT molecular complexity index is 2840. The van der Waals surface area contributed by atoms with E-state index >= 15 is 0 Å². The van der Waals surface area contributed by atoms with Crippen LogP contribution in [0.25, 0.3) is 89.1 Å². The first-order chi connectivity index (χ1) is 26.5. The lowest BCUT2D eigenvalue weighted by atomic mass is 9.92. The smallest absolute Gasteiger partial charge is 0.164 e. The summed E-state index contributed by atoms with van der Waals surface area (Å²) in [5, 5.41) is 4.07. The third-order valence-corrected chi connectivity index (χ3v) is 9.01. The third kappa shape index (κ3) is 5.51. The molecule has 1 heterocycles. The van der Waals surface area contributed by atoms with Crippen LogP contribution in [0.15, 0.2) is 188 Å². The van der Waals surface area contributed by atoms with E-state index in [1.165, 1.54) is 0 Å². The van der Waals surface area contributed by atoms with Crippen LogP contribution in [-0.4, -0.2) is 15.0 Å². The third-order valence-electron chi connectivity index (χ3n) is 9.01. The Morgan fingerprint density at radius 2 is 0.720 bits per heavy atom. The molecule has 0 aliphatic heterocycles. The maximum atomic E-state index is 9.23. The number of rotatable bonds is 6. The fourth-order valence-electron chi connectivity index (χ4n) is 6.59. The van der Waals surface area contributed by atoms with Crippen molar-refractivity contribution in [2.24, 2.45) is 0 Å². The van der Waals surface area contributed by atoms with Crippen LogP contribution in [0, 0.1) is 0 Å². The average Bonchev–Trinajstić information content (AvgIpc) is 3.23. The van der Waals surface area contributed by atoms with Gasteiger partial charge in [-0.05, 0) is 61.0 Å². The second-order valence-corrected chi connectivity index (χ2v) is 12.1. The van der Waals surface area contributed by atoms with Crippen LogP contribution in [0.2, 0.25) is 0 Å². The number of hydrogen-bond donors (Lipinski definition) is 0. The van der Waals surface area contributed by atoms with Gasteiger partial charge in [0.05, 0.1) is 5.48 Å². The second kappa shape index (κ2) is 12.7. The molecule has 0 fully saturated rings. The van der Waals surface area contributed by atoms with Crippen molar-refractivity contribution in [1.82, 2.24) is 15.0 Å². The van der Waals surface area contributed by atoms with Crippen molar-refractivity contribution in [2.75, 3.05) is 0 Å². The van der Waals surface area contributed by atoms with Crippen LogP contribution in [0.4, 0.5) is 0 Å². The highest BCUT2D eigenvalue weighted by Crippen LogP contribution is 2.36. The molecule has 1 aromatic heterocycles. The fraction of sp³-hybridized carbons (Fsp3) is 0. The molecule has 0 unspecified atom stereocenters. The van der Waals surface area contributed by atoms with Crippen molar-refractivity contribution < 1.29 is 5.48 Å². The first-order valence-electron chi connectivity index (χ1n) is 18.5. The minimum atomic E-state index is -0.214. The fourth-order valence-corrected chi connectivity index (χ4v) is 6.59. The summed E-state index contributed by atoms with van der Waals surface area (Å²) in [5.41, 5.74) is 6.72. The summed E-state index contributed by atoms with van der Waals surface area (Å²) in [6.07, 6.45) is 0. The Balaban J connectivity index is 1.21. The van der Waals surface area contributed by atoms with Crippen LogP contribution in [0.3, 0.4) is 0 Å². The minimum Gasteiger partial charge on any atom is -0.208 e. The van der Waals surface area contributed by atoms with E-state index in [1.54, 1.807) is 0 Å². The number of nitrogens with zero attached hydrogens (tertiary/aromatic N) is 3. The summed E-state index contributed by atoms with van der Waals surface area (Å²) in [5.74, 6) is 0.804. The molecule has 0 aliphatic rings. The topological polar surface area (TPSA) is 38.7 Å². The summed E-state index contributed by atoms with van der Waals surface area (Å²) in [7, 11) is 0. The van der Waals surface area contributed by atoms with Gasteiger partial charge in [0, 0.05) is 16.7 Å². The highest BCUT2D eigenvalue weighted by Gasteiger charge is 2.15. The summed E-state index contributed by atoms with van der Waals surface area (Å²) >= 11 is 0. The highest BCUT2D eigenvalue weighted by atomic mass is 15.0. The van der Waals surface area contributed by atoms with Crippen molar-refractivity contribution in [2.45, 2.75) is 0 Å². The van der Waals surface area contributed by atoms with Crippen molar-refractivity contribution in [3.63, 3.8) is 0 Å². The lowest BCUT2D eigenvalue weighted by Crippen LogP contribution is -2.00. The molecule has 9 rings (SSSR count). The van der Waals surface area contributed by atoms with Gasteiger partial charge in [-0.25, -0.2) is 15.0 Å². The van der Waals surface area contributed by atoms with Gasteiger partial charge in [-0.15, -0.1) is 0 Å². The molecule has 0 spiro atoms. The van der Waals surface area contributed by atoms with Crippen molar-refractivity contribution >= 4 is 21.5 Å². The van der Waals surface area contributed by atoms with E-state index in [4.69, 9.17) is 17.7 Å². The molecular weight excluding hydrogens is 607 g/mol. The van der Waals surface area contributed by atoms with Crippen molar-refractivity contribution in [3.05, 3.63) is 188 Å². The number of benzene rings is 8. The van der Waals surface area contributed by atoms with E-state index in [-0.39, 0.29) is 41.1 Å². The molecule has 3 nitrogen and oxygen atoms in total. The number of hydrogen-bond acceptors (Lipinski definition) is 3. The van der Waals surface area contributed by atoms with E-state index in [2.05, 4.69) is 72.8 Å². The molecule has 234 valence electrons. The van der Waals surface area contributed by atoms with Gasteiger partial charge in [0.1, 0.15) is 0 Å². The SMILES string of the molecule is [2H]c1c([2H])c(-c2cccc3ccccc23)c([2H])c([2H])c1-c1nc(-c2ccccc2)nc(-c2cccc(-c3cccc4c(-c5ccccc5)cccc34)c2)n1. The molecule has 3 heteroatoms. The number of aromatic nitrogens is 3. The Morgan fingerprint density at radius 1 is 0.300 bits per heavy atom. The van der Waals surface area contributed by atoms with Gasteiger partial charge < -0.3 is 0 Å². The van der Waals surface area contributed by atoms with E-state index in [9.17, 15) is 2.74 Å². The van der Waals surface area contributed by atoms with Gasteiger partial charge in [-0.2, -0.15) is 0 Å². The summed E-state index contributed by atoms with van der Waals surface area (Å²) < 4.78 is 36.8. The maximum Gasteiger partial charge on any atom is 0.164 e. The Hall–Kier alpha value is -6.71. The standard InChI is InChI=1S/C47H31N3/c1-3-13-32(14-4-1)41-23-11-26-44-42(24-12-25-43(41)44)37-19-9-20-38(31-37)47-49-45(35-16-5-2-6-17-35)48-46(50-47)36-29-27-34(28-30-36)40-22-10-18-33-15-7-8-21-39(33)40/h1-31H/i27D,28D,29D,30D. The molecule has 50 heavy (non-hydrogen) atoms. The Morgan fingerprint density at radius 3 is 1.42 bits per heavy atom. The van der Waals surface area contributed by atoms with E-state index in [0.29, 0.717) is 17.2 Å². The highest BCUT2D eigenvalue weighted by molar-refractivity contribution is 6.04. The maximum absolute atomic E-state index is 9.23. The molecule has 0 atom stereocenters. The minimum absolute atomic E-state index is 0.0217. The van der Waals surface area contributed by atoms with E-state index < -0.39 is 0 Å². The monoisotopic (exact) mass is 641 g/mol. The lowest BCUT2D eigenvalue weighted by Gasteiger charge is -2.13. The predicted molar refractivity (Wildman–Crippen MR) is 207 cm³/mol. The number of fused-ring (bicyclic) bond motifs is 2. The molecule has 0 radical (unpaired) electrons. The first kappa shape index (κ1) is 25.3. The summed E-state index contributed by atoms with van der Waals surface area (Å²) in [6.45, 7) is 0. The van der Waals surface area contributed by atoms with Gasteiger partial charge in [-0.1, -0.05) is 182 Å². The summed E-state index contributed by atoms with van der Waals surface area (Å²) in [4.78, 5) is 14.6. The van der Waals surface area contributed by atoms with Crippen LogP contribution < -0.4 is 0 Å². The Labute approximate surface area is 296 Å². The zero-order valence-electron chi connectivity index (χ0n) is 30.9. The molecule has 0 amide bonds. The van der Waals surface area contributed by atoms with Crippen LogP contribution in [0.5, 0.6) is 0 Å². The zero-order valence-corrected chi connectivity index (χ0v) is 26.9. The van der Waals surface area contributed by atoms with Gasteiger partial charge in [0.15, 0.2) is 17.5 Å². The lowest BCUT2D eigenvalue weighted by molar-refractivity contribution is 1.07. The molecule has 0 bridgehead atoms. The first-order valence-corrected chi connectivity index (χ1v) is 16.5. The molecular formula is C47H31N3. The van der Waals surface area contributed by atoms with Crippen LogP contribution in [-0.2, 0) is 0 Å². The average molecular weight is 642 g/mol. The predicted octanol–water partition coefficient (Wildman–Crippen LogP) is 12.2. The molecule has 0 saturated carbocycles. The molecule has 8 aromatic carbocycles. The van der Waals surface area contributed by atoms with Crippen molar-refractivity contribution in [3.8, 4) is 67.5 Å². The normalized spacial score (nSPS) is 12.3.